The monoisotopic (exact) mass is 259 g/mol. The first kappa shape index (κ1) is 13.1. The maximum absolute atomic E-state index is 12.0. The van der Waals surface area contributed by atoms with Crippen molar-refractivity contribution in [3.8, 4) is 0 Å². The number of carbonyl (C=O) groups excluding carboxylic acids is 1. The zero-order chi connectivity index (χ0) is 13.8. The van der Waals surface area contributed by atoms with Crippen LogP contribution in [-0.2, 0) is 13.6 Å². The fraction of sp³-hybridized carbons (Fsp3) is 0.308. The number of nitrogens with zero attached hydrogens (tertiary/aromatic N) is 4. The molecule has 1 amide bonds. The summed E-state index contributed by atoms with van der Waals surface area (Å²) in [5.41, 5.74) is 2.41. The molecule has 19 heavy (non-hydrogen) atoms. The highest BCUT2D eigenvalue weighted by Crippen LogP contribution is 2.17. The number of para-hydroxylation sites is 1. The predicted octanol–water partition coefficient (Wildman–Crippen LogP) is 1.13. The van der Waals surface area contributed by atoms with Crippen LogP contribution in [0.2, 0.25) is 0 Å². The summed E-state index contributed by atoms with van der Waals surface area (Å²) in [6, 6.07) is 7.45. The average molecular weight is 259 g/mol. The van der Waals surface area contributed by atoms with Crippen molar-refractivity contribution in [2.24, 2.45) is 7.05 Å². The summed E-state index contributed by atoms with van der Waals surface area (Å²) in [5, 5.41) is 10.9. The lowest BCUT2D eigenvalue weighted by molar-refractivity contribution is 0.0828. The third-order valence-corrected chi connectivity index (χ3v) is 2.83. The minimum atomic E-state index is -0.0220. The second-order valence-electron chi connectivity index (χ2n) is 4.45. The van der Waals surface area contributed by atoms with Gasteiger partial charge in [0.2, 0.25) is 0 Å². The molecule has 0 atom stereocenters. The van der Waals surface area contributed by atoms with Crippen molar-refractivity contribution in [1.82, 2.24) is 19.9 Å². The van der Waals surface area contributed by atoms with Crippen molar-refractivity contribution < 1.29 is 4.79 Å². The molecule has 0 aliphatic carbocycles. The van der Waals surface area contributed by atoms with Crippen LogP contribution in [-0.4, -0.2) is 39.9 Å². The maximum atomic E-state index is 12.0. The molecule has 0 saturated heterocycles. The summed E-state index contributed by atoms with van der Waals surface area (Å²) in [5.74, 6) is -0.0220. The second kappa shape index (κ2) is 5.51. The van der Waals surface area contributed by atoms with Gasteiger partial charge in [0.25, 0.3) is 5.91 Å². The van der Waals surface area contributed by atoms with Gasteiger partial charge in [0, 0.05) is 26.8 Å². The lowest BCUT2D eigenvalue weighted by atomic mass is 10.1. The quantitative estimate of drug-likeness (QED) is 0.894. The lowest BCUT2D eigenvalue weighted by Gasteiger charge is -2.15. The summed E-state index contributed by atoms with van der Waals surface area (Å²) in [4.78, 5) is 13.6. The van der Waals surface area contributed by atoms with Gasteiger partial charge in [-0.1, -0.05) is 17.3 Å². The van der Waals surface area contributed by atoms with Crippen LogP contribution in [0.3, 0.4) is 0 Å². The Labute approximate surface area is 112 Å². The molecule has 2 rings (SSSR count). The van der Waals surface area contributed by atoms with E-state index in [1.165, 1.54) is 0 Å². The van der Waals surface area contributed by atoms with Crippen LogP contribution in [0.4, 0.5) is 5.69 Å². The van der Waals surface area contributed by atoms with E-state index in [4.69, 9.17) is 0 Å². The van der Waals surface area contributed by atoms with Crippen LogP contribution < -0.4 is 5.32 Å². The average Bonchev–Trinajstić information content (AvgIpc) is 2.81. The Kier molecular flexibility index (Phi) is 3.79. The van der Waals surface area contributed by atoms with E-state index in [9.17, 15) is 4.79 Å². The van der Waals surface area contributed by atoms with E-state index in [1.807, 2.05) is 31.3 Å². The van der Waals surface area contributed by atoms with E-state index >= 15 is 0 Å². The fourth-order valence-electron chi connectivity index (χ4n) is 1.72. The molecule has 1 aromatic carbocycles. The van der Waals surface area contributed by atoms with Crippen molar-refractivity contribution in [2.45, 2.75) is 6.54 Å². The van der Waals surface area contributed by atoms with E-state index < -0.39 is 0 Å². The third kappa shape index (κ3) is 2.90. The van der Waals surface area contributed by atoms with E-state index in [-0.39, 0.29) is 5.91 Å². The Hall–Kier alpha value is -2.37. The van der Waals surface area contributed by atoms with Gasteiger partial charge in [-0.25, -0.2) is 0 Å². The van der Waals surface area contributed by atoms with Crippen LogP contribution in [0.5, 0.6) is 0 Å². The molecule has 2 aromatic rings. The molecule has 1 N–H and O–H groups in total. The molecule has 6 nitrogen and oxygen atoms in total. The smallest absolute Gasteiger partial charge is 0.255 e. The molecule has 0 aliphatic heterocycles. The van der Waals surface area contributed by atoms with Crippen molar-refractivity contribution in [3.05, 3.63) is 41.7 Å². The first-order chi connectivity index (χ1) is 9.09. The van der Waals surface area contributed by atoms with Gasteiger partial charge in [-0.05, 0) is 12.1 Å². The minimum absolute atomic E-state index is 0.0220. The van der Waals surface area contributed by atoms with E-state index in [0.29, 0.717) is 12.1 Å². The van der Waals surface area contributed by atoms with Crippen molar-refractivity contribution in [1.29, 1.82) is 0 Å². The van der Waals surface area contributed by atoms with Gasteiger partial charge in [0.05, 0.1) is 24.0 Å². The Morgan fingerprint density at radius 3 is 2.74 bits per heavy atom. The van der Waals surface area contributed by atoms with Gasteiger partial charge in [-0.15, -0.1) is 5.10 Å². The summed E-state index contributed by atoms with van der Waals surface area (Å²) in [6.07, 6.45) is 1.70. The number of anilines is 1. The highest BCUT2D eigenvalue weighted by atomic mass is 16.2. The zero-order valence-electron chi connectivity index (χ0n) is 11.3. The minimum Gasteiger partial charge on any atom is -0.379 e. The standard InChI is InChI=1S/C13H17N5O/c1-17(2)13(19)11-6-4-5-7-12(11)14-8-10-9-15-16-18(10)3/h4-7,9,14H,8H2,1-3H3. The molecule has 0 radical (unpaired) electrons. The fourth-order valence-corrected chi connectivity index (χ4v) is 1.72. The van der Waals surface area contributed by atoms with Gasteiger partial charge in [0.1, 0.15) is 0 Å². The van der Waals surface area contributed by atoms with Crippen molar-refractivity contribution >= 4 is 11.6 Å². The summed E-state index contributed by atoms with van der Waals surface area (Å²) < 4.78 is 1.70. The van der Waals surface area contributed by atoms with Gasteiger partial charge < -0.3 is 10.2 Å². The maximum Gasteiger partial charge on any atom is 0.255 e. The SMILES string of the molecule is CN(C)C(=O)c1ccccc1NCc1cnnn1C. The van der Waals surface area contributed by atoms with Crippen molar-refractivity contribution in [3.63, 3.8) is 0 Å². The third-order valence-electron chi connectivity index (χ3n) is 2.83. The van der Waals surface area contributed by atoms with Crippen LogP contribution in [0.1, 0.15) is 16.1 Å². The van der Waals surface area contributed by atoms with Gasteiger partial charge >= 0.3 is 0 Å². The molecular weight excluding hydrogens is 242 g/mol. The number of nitrogens with one attached hydrogen (secondary N) is 1. The number of benzene rings is 1. The number of rotatable bonds is 4. The molecule has 1 aromatic heterocycles. The van der Waals surface area contributed by atoms with E-state index in [2.05, 4.69) is 15.6 Å². The number of amides is 1. The number of hydrogen-bond acceptors (Lipinski definition) is 4. The first-order valence-corrected chi connectivity index (χ1v) is 5.97. The normalized spacial score (nSPS) is 10.3. The molecule has 0 aliphatic rings. The highest BCUT2D eigenvalue weighted by Gasteiger charge is 2.12. The van der Waals surface area contributed by atoms with Crippen LogP contribution >= 0.6 is 0 Å². The molecule has 100 valence electrons. The highest BCUT2D eigenvalue weighted by molar-refractivity contribution is 5.99. The second-order valence-corrected chi connectivity index (χ2v) is 4.45. The summed E-state index contributed by atoms with van der Waals surface area (Å²) >= 11 is 0. The van der Waals surface area contributed by atoms with E-state index in [0.717, 1.165) is 11.4 Å². The Balaban J connectivity index is 2.17. The summed E-state index contributed by atoms with van der Waals surface area (Å²) in [7, 11) is 5.31. The Morgan fingerprint density at radius 2 is 2.11 bits per heavy atom. The number of aryl methyl sites for hydroxylation is 1. The largest absolute Gasteiger partial charge is 0.379 e. The predicted molar refractivity (Wildman–Crippen MR) is 72.8 cm³/mol. The summed E-state index contributed by atoms with van der Waals surface area (Å²) in [6.45, 7) is 0.571. The lowest BCUT2D eigenvalue weighted by Crippen LogP contribution is -2.23. The Morgan fingerprint density at radius 1 is 1.37 bits per heavy atom. The Bertz CT molecular complexity index is 576. The molecule has 1 heterocycles. The molecule has 0 bridgehead atoms. The van der Waals surface area contributed by atoms with E-state index in [1.54, 1.807) is 29.9 Å². The van der Waals surface area contributed by atoms with Crippen LogP contribution in [0.15, 0.2) is 30.5 Å². The van der Waals surface area contributed by atoms with Gasteiger partial charge in [-0.3, -0.25) is 9.48 Å². The number of aromatic nitrogens is 3. The van der Waals surface area contributed by atoms with Crippen molar-refractivity contribution in [2.75, 3.05) is 19.4 Å². The van der Waals surface area contributed by atoms with Gasteiger partial charge in [0.15, 0.2) is 0 Å². The van der Waals surface area contributed by atoms with Crippen LogP contribution in [0.25, 0.3) is 0 Å². The van der Waals surface area contributed by atoms with Gasteiger partial charge in [-0.2, -0.15) is 0 Å². The molecule has 0 unspecified atom stereocenters. The molecule has 0 saturated carbocycles. The first-order valence-electron chi connectivity index (χ1n) is 5.97. The molecule has 6 heteroatoms. The number of carbonyl (C=O) groups is 1. The van der Waals surface area contributed by atoms with Crippen LogP contribution in [0, 0.1) is 0 Å². The zero-order valence-corrected chi connectivity index (χ0v) is 11.3. The molecule has 0 fully saturated rings. The number of hydrogen-bond donors (Lipinski definition) is 1. The molecule has 0 spiro atoms. The molecular formula is C13H17N5O. The topological polar surface area (TPSA) is 63.1 Å².